The normalized spacial score (nSPS) is 15.2. The molecule has 0 aliphatic carbocycles. The van der Waals surface area contributed by atoms with Crippen molar-refractivity contribution < 1.29 is 38.9 Å². The quantitative estimate of drug-likeness (QED) is 0.145. The third-order valence-electron chi connectivity index (χ3n) is 7.61. The van der Waals surface area contributed by atoms with Crippen LogP contribution >= 0.6 is 25.3 Å². The number of aryl methyl sites for hydroxylation is 2. The number of nitrogens with one attached hydrogen (secondary N) is 2. The molecule has 2 rings (SSSR count). The number of aromatic hydroxyl groups is 1. The highest BCUT2D eigenvalue weighted by Crippen LogP contribution is 2.30. The van der Waals surface area contributed by atoms with E-state index in [9.17, 15) is 34.2 Å². The molecule has 6 N–H and O–H groups in total. The number of thiol groups is 2. The molecule has 2 unspecified atom stereocenters. The Kier molecular flexibility index (Phi) is 14.4. The van der Waals surface area contributed by atoms with Crippen molar-refractivity contribution in [3.63, 3.8) is 0 Å². The highest BCUT2D eigenvalue weighted by atomic mass is 32.1. The van der Waals surface area contributed by atoms with E-state index in [1.807, 2.05) is 0 Å². The number of phenols is 1. The van der Waals surface area contributed by atoms with E-state index in [2.05, 4.69) is 35.9 Å². The van der Waals surface area contributed by atoms with Crippen LogP contribution in [0.25, 0.3) is 0 Å². The van der Waals surface area contributed by atoms with E-state index in [0.29, 0.717) is 21.6 Å². The average molecular weight is 705 g/mol. The number of carboxylic acids is 1. The molecule has 14 heteroatoms. The molecule has 0 spiro atoms. The lowest BCUT2D eigenvalue weighted by Gasteiger charge is -2.40. The molecule has 4 amide bonds. The number of hydrogen-bond acceptors (Lipinski definition) is 10. The number of carbonyl (C=O) groups is 5. The van der Waals surface area contributed by atoms with E-state index in [-0.39, 0.29) is 30.8 Å². The molecular formula is C34H48N4O8S2. The van der Waals surface area contributed by atoms with Gasteiger partial charge in [-0.2, -0.15) is 25.3 Å². The Bertz CT molecular complexity index is 1460. The third kappa shape index (κ3) is 11.2. The standard InChI is InChI=1S/C34H48N4O8S2/c1-8-24(35)29(41)38(27(31(43)44)34(7,48)17-21-12-10-9-11-13-21)30(42)26(18-47)36-28(40)25(37-32(45)46-33(4,5)6)16-23-19(2)14-22(39)15-20(23)3/h9-15,24-27,39,47-48H,8,16-18,35H2,1-7H3,(H,36,40)(H,37,45)(H,43,44)/t24?,25-,26+,27-,34?/m0/s1. The van der Waals surface area contributed by atoms with Crippen LogP contribution in [0.2, 0.25) is 0 Å². The summed E-state index contributed by atoms with van der Waals surface area (Å²) in [6, 6.07) is 6.08. The largest absolute Gasteiger partial charge is 0.508 e. The monoisotopic (exact) mass is 704 g/mol. The fraction of sp³-hybridized carbons (Fsp3) is 0.500. The van der Waals surface area contributed by atoms with E-state index < -0.39 is 64.3 Å². The second kappa shape index (κ2) is 17.1. The summed E-state index contributed by atoms with van der Waals surface area (Å²) in [5.41, 5.74) is 7.85. The lowest BCUT2D eigenvalue weighted by Crippen LogP contribution is -2.65. The first-order valence-corrected chi connectivity index (χ1v) is 16.6. The van der Waals surface area contributed by atoms with Gasteiger partial charge >= 0.3 is 12.1 Å². The molecule has 48 heavy (non-hydrogen) atoms. The average Bonchev–Trinajstić information content (AvgIpc) is 2.97. The van der Waals surface area contributed by atoms with Crippen molar-refractivity contribution in [3.8, 4) is 5.75 Å². The molecule has 12 nitrogen and oxygen atoms in total. The summed E-state index contributed by atoms with van der Waals surface area (Å²) < 4.78 is 3.89. The minimum Gasteiger partial charge on any atom is -0.508 e. The van der Waals surface area contributed by atoms with Crippen LogP contribution in [0.5, 0.6) is 5.75 Å². The third-order valence-corrected chi connectivity index (χ3v) is 8.38. The van der Waals surface area contributed by atoms with Gasteiger partial charge in [-0.15, -0.1) is 0 Å². The van der Waals surface area contributed by atoms with Gasteiger partial charge in [-0.3, -0.25) is 19.3 Å². The van der Waals surface area contributed by atoms with Crippen molar-refractivity contribution >= 4 is 55.0 Å². The van der Waals surface area contributed by atoms with Crippen molar-refractivity contribution in [2.24, 2.45) is 5.73 Å². The number of imide groups is 1. The summed E-state index contributed by atoms with van der Waals surface area (Å²) in [6.45, 7) is 11.6. The first-order valence-electron chi connectivity index (χ1n) is 15.5. The Balaban J connectivity index is 2.55. The molecular weight excluding hydrogens is 657 g/mol. The Morgan fingerprint density at radius 1 is 0.958 bits per heavy atom. The van der Waals surface area contributed by atoms with Gasteiger partial charge in [0, 0.05) is 16.9 Å². The second-order valence-electron chi connectivity index (χ2n) is 13.0. The number of hydrogen-bond donors (Lipinski definition) is 7. The Morgan fingerprint density at radius 2 is 1.52 bits per heavy atom. The maximum absolute atomic E-state index is 14.2. The number of rotatable bonds is 14. The van der Waals surface area contributed by atoms with Gasteiger partial charge in [-0.05, 0) is 88.8 Å². The summed E-state index contributed by atoms with van der Waals surface area (Å²) in [4.78, 5) is 68.0. The van der Waals surface area contributed by atoms with Crippen LogP contribution in [0.4, 0.5) is 4.79 Å². The summed E-state index contributed by atoms with van der Waals surface area (Å²) in [5.74, 6) is -4.64. The first-order chi connectivity index (χ1) is 22.2. The Morgan fingerprint density at radius 3 is 2.00 bits per heavy atom. The van der Waals surface area contributed by atoms with Gasteiger partial charge in [0.15, 0.2) is 6.04 Å². The maximum atomic E-state index is 14.2. The summed E-state index contributed by atoms with van der Waals surface area (Å²) >= 11 is 8.93. The SMILES string of the molecule is CCC(N)C(=O)N(C(=O)[C@@H](CS)NC(=O)[C@H](Cc1c(C)cc(O)cc1C)NC(=O)OC(C)(C)C)[C@@H](C(=O)O)C(C)(S)Cc1ccccc1. The number of nitrogens with zero attached hydrogens (tertiary/aromatic N) is 1. The molecule has 264 valence electrons. The van der Waals surface area contributed by atoms with Crippen LogP contribution in [-0.4, -0.2) is 85.2 Å². The molecule has 0 aliphatic heterocycles. The number of alkyl carbamates (subject to hydrolysis) is 1. The summed E-state index contributed by atoms with van der Waals surface area (Å²) in [7, 11) is 0. The number of amides is 4. The summed E-state index contributed by atoms with van der Waals surface area (Å²) in [6.07, 6.45) is -0.781. The number of carboxylic acid groups (broad SMARTS) is 1. The van der Waals surface area contributed by atoms with E-state index in [4.69, 9.17) is 10.5 Å². The van der Waals surface area contributed by atoms with Gasteiger partial charge in [0.2, 0.25) is 11.8 Å². The number of ether oxygens (including phenoxy) is 1. The van der Waals surface area contributed by atoms with Gasteiger partial charge in [-0.25, -0.2) is 9.59 Å². The minimum absolute atomic E-state index is 0.0297. The Hall–Kier alpha value is -3.75. The van der Waals surface area contributed by atoms with Crippen LogP contribution in [0, 0.1) is 13.8 Å². The van der Waals surface area contributed by atoms with Gasteiger partial charge < -0.3 is 31.3 Å². The predicted molar refractivity (Wildman–Crippen MR) is 189 cm³/mol. The van der Waals surface area contributed by atoms with Crippen molar-refractivity contribution in [1.29, 1.82) is 0 Å². The van der Waals surface area contributed by atoms with Crippen molar-refractivity contribution in [2.75, 3.05) is 5.75 Å². The number of nitrogens with two attached hydrogens (primary N) is 1. The molecule has 0 saturated carbocycles. The highest BCUT2D eigenvalue weighted by molar-refractivity contribution is 7.82. The molecule has 0 bridgehead atoms. The molecule has 0 aliphatic rings. The van der Waals surface area contributed by atoms with Gasteiger partial charge in [-0.1, -0.05) is 37.3 Å². The van der Waals surface area contributed by atoms with Crippen LogP contribution in [-0.2, 0) is 36.8 Å². The van der Waals surface area contributed by atoms with E-state index in [1.165, 1.54) is 19.1 Å². The van der Waals surface area contributed by atoms with Crippen molar-refractivity contribution in [2.45, 2.75) is 102 Å². The van der Waals surface area contributed by atoms with E-state index in [0.717, 1.165) is 5.56 Å². The zero-order valence-electron chi connectivity index (χ0n) is 28.4. The minimum atomic E-state index is -1.80. The summed E-state index contributed by atoms with van der Waals surface area (Å²) in [5, 5.41) is 25.6. The fourth-order valence-corrected chi connectivity index (χ4v) is 5.91. The topological polar surface area (TPSA) is 188 Å². The second-order valence-corrected chi connectivity index (χ2v) is 14.4. The molecule has 5 atom stereocenters. The Labute approximate surface area is 293 Å². The molecule has 0 saturated heterocycles. The first kappa shape index (κ1) is 40.4. The molecule has 0 fully saturated rings. The van der Waals surface area contributed by atoms with Gasteiger partial charge in [0.25, 0.3) is 5.91 Å². The highest BCUT2D eigenvalue weighted by Gasteiger charge is 2.48. The predicted octanol–water partition coefficient (Wildman–Crippen LogP) is 3.34. The van der Waals surface area contributed by atoms with Crippen molar-refractivity contribution in [1.82, 2.24) is 15.5 Å². The molecule has 0 heterocycles. The lowest BCUT2D eigenvalue weighted by molar-refractivity contribution is -0.161. The van der Waals surface area contributed by atoms with Crippen molar-refractivity contribution in [3.05, 3.63) is 64.7 Å². The van der Waals surface area contributed by atoms with Crippen LogP contribution in [0.15, 0.2) is 42.5 Å². The van der Waals surface area contributed by atoms with Gasteiger partial charge in [0.1, 0.15) is 23.4 Å². The number of phenolic OH excluding ortho intramolecular Hbond substituents is 1. The lowest BCUT2D eigenvalue weighted by atomic mass is 9.90. The van der Waals surface area contributed by atoms with Crippen LogP contribution in [0.3, 0.4) is 0 Å². The van der Waals surface area contributed by atoms with Crippen LogP contribution < -0.4 is 16.4 Å². The number of carbonyl (C=O) groups excluding carboxylic acids is 4. The molecule has 2 aromatic carbocycles. The van der Waals surface area contributed by atoms with Crippen LogP contribution in [0.1, 0.15) is 63.3 Å². The van der Waals surface area contributed by atoms with Gasteiger partial charge in [0.05, 0.1) is 6.04 Å². The van der Waals surface area contributed by atoms with E-state index in [1.54, 1.807) is 71.9 Å². The van der Waals surface area contributed by atoms with E-state index >= 15 is 0 Å². The maximum Gasteiger partial charge on any atom is 0.408 e. The number of aliphatic carboxylic acids is 1. The molecule has 0 radical (unpaired) electrons. The number of benzene rings is 2. The fourth-order valence-electron chi connectivity index (χ4n) is 5.26. The zero-order valence-corrected chi connectivity index (χ0v) is 30.2. The zero-order chi connectivity index (χ0) is 36.6. The molecule has 2 aromatic rings. The smallest absolute Gasteiger partial charge is 0.408 e. The molecule has 0 aromatic heterocycles.